The highest BCUT2D eigenvalue weighted by molar-refractivity contribution is 8.00. The number of rotatable bonds is 7. The molecule has 1 aromatic carbocycles. The summed E-state index contributed by atoms with van der Waals surface area (Å²) in [5, 5.41) is 4.42. The van der Waals surface area contributed by atoms with Crippen molar-refractivity contribution in [3.05, 3.63) is 24.3 Å². The molecule has 1 N–H and O–H groups in total. The minimum absolute atomic E-state index is 0.641. The molecule has 0 amide bonds. The topological polar surface area (TPSA) is 21.3 Å². The van der Waals surface area contributed by atoms with E-state index in [0.29, 0.717) is 11.3 Å². The van der Waals surface area contributed by atoms with Gasteiger partial charge in [-0.15, -0.1) is 11.8 Å². The number of hydrogen-bond acceptors (Lipinski definition) is 3. The lowest BCUT2D eigenvalue weighted by atomic mass is 9.84. The van der Waals surface area contributed by atoms with Crippen LogP contribution in [0.15, 0.2) is 29.2 Å². The van der Waals surface area contributed by atoms with Crippen LogP contribution in [0.5, 0.6) is 5.75 Å². The lowest BCUT2D eigenvalue weighted by Crippen LogP contribution is -2.42. The van der Waals surface area contributed by atoms with Crippen molar-refractivity contribution in [2.75, 3.05) is 13.7 Å². The molecular weight excluding hydrogens is 278 g/mol. The van der Waals surface area contributed by atoms with Crippen molar-refractivity contribution in [1.82, 2.24) is 5.32 Å². The Kier molecular flexibility index (Phi) is 6.91. The van der Waals surface area contributed by atoms with E-state index in [2.05, 4.69) is 37.4 Å². The Labute approximate surface area is 134 Å². The van der Waals surface area contributed by atoms with E-state index in [1.165, 1.54) is 37.0 Å². The molecule has 2 rings (SSSR count). The van der Waals surface area contributed by atoms with E-state index in [9.17, 15) is 0 Å². The van der Waals surface area contributed by atoms with Crippen LogP contribution in [0.25, 0.3) is 0 Å². The van der Waals surface area contributed by atoms with Gasteiger partial charge in [0.05, 0.1) is 7.11 Å². The fourth-order valence-electron chi connectivity index (χ4n) is 3.16. The van der Waals surface area contributed by atoms with Crippen molar-refractivity contribution in [2.45, 2.75) is 62.1 Å². The first-order chi connectivity index (χ1) is 10.3. The Hall–Kier alpha value is -0.670. The Morgan fingerprint density at radius 2 is 2.05 bits per heavy atom. The maximum Gasteiger partial charge on any atom is 0.132 e. The van der Waals surface area contributed by atoms with E-state index in [4.69, 9.17) is 4.74 Å². The van der Waals surface area contributed by atoms with E-state index >= 15 is 0 Å². The molecule has 118 valence electrons. The molecule has 1 aliphatic carbocycles. The summed E-state index contributed by atoms with van der Waals surface area (Å²) in [7, 11) is 1.77. The summed E-state index contributed by atoms with van der Waals surface area (Å²) in [6.45, 7) is 5.70. The van der Waals surface area contributed by atoms with E-state index in [1.807, 2.05) is 17.8 Å². The molecule has 3 heteroatoms. The van der Waals surface area contributed by atoms with Gasteiger partial charge in [0.2, 0.25) is 0 Å². The fraction of sp³-hybridized carbons (Fsp3) is 0.667. The van der Waals surface area contributed by atoms with Gasteiger partial charge in [-0.05, 0) is 50.3 Å². The molecule has 1 aromatic rings. The van der Waals surface area contributed by atoms with Crippen molar-refractivity contribution in [2.24, 2.45) is 5.92 Å². The molecule has 0 radical (unpaired) electrons. The van der Waals surface area contributed by atoms with Gasteiger partial charge < -0.3 is 10.1 Å². The normalized spacial score (nSPS) is 25.8. The smallest absolute Gasteiger partial charge is 0.132 e. The van der Waals surface area contributed by atoms with Crippen LogP contribution in [0.1, 0.15) is 46.0 Å². The fourth-order valence-corrected chi connectivity index (χ4v) is 4.67. The number of benzene rings is 1. The standard InChI is InChI=1S/C18H29NOS/c1-4-12-19-15-11-10-14(5-2)13-18(15)21-17-9-7-6-8-16(17)20-3/h6-9,14-15,18-19H,4-5,10-13H2,1-3H3. The molecule has 0 aromatic heterocycles. The molecule has 21 heavy (non-hydrogen) atoms. The van der Waals surface area contributed by atoms with Crippen molar-refractivity contribution < 1.29 is 4.74 Å². The molecule has 1 fully saturated rings. The quantitative estimate of drug-likeness (QED) is 0.786. The summed E-state index contributed by atoms with van der Waals surface area (Å²) in [5.74, 6) is 1.90. The third-order valence-electron chi connectivity index (χ3n) is 4.48. The summed E-state index contributed by atoms with van der Waals surface area (Å²) >= 11 is 2.01. The van der Waals surface area contributed by atoms with E-state index < -0.39 is 0 Å². The second-order valence-corrected chi connectivity index (χ2v) is 7.24. The average Bonchev–Trinajstić information content (AvgIpc) is 2.54. The average molecular weight is 308 g/mol. The van der Waals surface area contributed by atoms with Gasteiger partial charge in [0.15, 0.2) is 0 Å². The molecule has 0 spiro atoms. The first-order valence-electron chi connectivity index (χ1n) is 8.31. The maximum atomic E-state index is 5.52. The van der Waals surface area contributed by atoms with Crippen LogP contribution in [0.3, 0.4) is 0 Å². The lowest BCUT2D eigenvalue weighted by Gasteiger charge is -2.36. The summed E-state index contributed by atoms with van der Waals surface area (Å²) in [5.41, 5.74) is 0. The third-order valence-corrected chi connectivity index (χ3v) is 5.90. The van der Waals surface area contributed by atoms with Crippen molar-refractivity contribution in [1.29, 1.82) is 0 Å². The predicted molar refractivity (Wildman–Crippen MR) is 92.4 cm³/mol. The number of nitrogens with one attached hydrogen (secondary N) is 1. The molecule has 0 bridgehead atoms. The van der Waals surface area contributed by atoms with E-state index in [1.54, 1.807) is 7.11 Å². The zero-order valence-electron chi connectivity index (χ0n) is 13.6. The molecular formula is C18H29NOS. The molecule has 0 heterocycles. The molecule has 3 atom stereocenters. The van der Waals surface area contributed by atoms with E-state index in [0.717, 1.165) is 18.2 Å². The highest BCUT2D eigenvalue weighted by atomic mass is 32.2. The van der Waals surface area contributed by atoms with Crippen LogP contribution >= 0.6 is 11.8 Å². The van der Waals surface area contributed by atoms with Gasteiger partial charge in [-0.1, -0.05) is 32.4 Å². The van der Waals surface area contributed by atoms with Crippen LogP contribution in [-0.4, -0.2) is 24.9 Å². The number of methoxy groups -OCH3 is 1. The number of thioether (sulfide) groups is 1. The highest BCUT2D eigenvalue weighted by Crippen LogP contribution is 2.40. The number of para-hydroxylation sites is 1. The van der Waals surface area contributed by atoms with Crippen molar-refractivity contribution in [3.8, 4) is 5.75 Å². The first kappa shape index (κ1) is 16.7. The summed E-state index contributed by atoms with van der Waals surface area (Å²) < 4.78 is 5.52. The van der Waals surface area contributed by atoms with E-state index in [-0.39, 0.29) is 0 Å². The minimum atomic E-state index is 0.641. The van der Waals surface area contributed by atoms with Crippen LogP contribution < -0.4 is 10.1 Å². The first-order valence-corrected chi connectivity index (χ1v) is 9.19. The maximum absolute atomic E-state index is 5.52. The van der Waals surface area contributed by atoms with Gasteiger partial charge in [-0.2, -0.15) is 0 Å². The number of ether oxygens (including phenoxy) is 1. The van der Waals surface area contributed by atoms with Gasteiger partial charge >= 0.3 is 0 Å². The Balaban J connectivity index is 2.07. The van der Waals surface area contributed by atoms with Crippen LogP contribution in [0, 0.1) is 5.92 Å². The van der Waals surface area contributed by atoms with Crippen LogP contribution in [-0.2, 0) is 0 Å². The second-order valence-electron chi connectivity index (χ2n) is 5.96. The SMILES string of the molecule is CCCNC1CCC(CC)CC1Sc1ccccc1OC. The molecule has 2 nitrogen and oxygen atoms in total. The van der Waals surface area contributed by atoms with Gasteiger partial charge in [0.25, 0.3) is 0 Å². The zero-order chi connectivity index (χ0) is 15.1. The molecule has 1 aliphatic rings. The molecule has 0 saturated heterocycles. The lowest BCUT2D eigenvalue weighted by molar-refractivity contribution is 0.295. The molecule has 0 aliphatic heterocycles. The van der Waals surface area contributed by atoms with Gasteiger partial charge in [0.1, 0.15) is 5.75 Å². The Morgan fingerprint density at radius 1 is 1.24 bits per heavy atom. The predicted octanol–water partition coefficient (Wildman–Crippen LogP) is 4.73. The minimum Gasteiger partial charge on any atom is -0.496 e. The van der Waals surface area contributed by atoms with Gasteiger partial charge in [0, 0.05) is 16.2 Å². The van der Waals surface area contributed by atoms with Crippen LogP contribution in [0.2, 0.25) is 0 Å². The third kappa shape index (κ3) is 4.65. The largest absolute Gasteiger partial charge is 0.496 e. The summed E-state index contributed by atoms with van der Waals surface area (Å²) in [6, 6.07) is 9.06. The second kappa shape index (κ2) is 8.70. The summed E-state index contributed by atoms with van der Waals surface area (Å²) in [4.78, 5) is 1.28. The monoisotopic (exact) mass is 307 g/mol. The Morgan fingerprint density at radius 3 is 2.76 bits per heavy atom. The molecule has 1 saturated carbocycles. The highest BCUT2D eigenvalue weighted by Gasteiger charge is 2.30. The van der Waals surface area contributed by atoms with Crippen molar-refractivity contribution >= 4 is 11.8 Å². The zero-order valence-corrected chi connectivity index (χ0v) is 14.4. The molecule has 3 unspecified atom stereocenters. The number of hydrogen-bond donors (Lipinski definition) is 1. The van der Waals surface area contributed by atoms with Crippen molar-refractivity contribution in [3.63, 3.8) is 0 Å². The van der Waals surface area contributed by atoms with Gasteiger partial charge in [-0.3, -0.25) is 0 Å². The summed E-state index contributed by atoms with van der Waals surface area (Å²) in [6.07, 6.45) is 6.52. The Bertz CT molecular complexity index is 423. The van der Waals surface area contributed by atoms with Crippen LogP contribution in [0.4, 0.5) is 0 Å². The van der Waals surface area contributed by atoms with Gasteiger partial charge in [-0.25, -0.2) is 0 Å².